The summed E-state index contributed by atoms with van der Waals surface area (Å²) in [4.78, 5) is 40.4. The fourth-order valence-corrected chi connectivity index (χ4v) is 4.32. The van der Waals surface area contributed by atoms with Crippen molar-refractivity contribution < 1.29 is 23.1 Å². The first-order valence-corrected chi connectivity index (χ1v) is 12.7. The highest BCUT2D eigenvalue weighted by Gasteiger charge is 2.29. The smallest absolute Gasteiger partial charge is 0.348 e. The summed E-state index contributed by atoms with van der Waals surface area (Å²) in [5.74, 6) is -0.123. The topological polar surface area (TPSA) is 118 Å². The normalized spacial score (nSPS) is 12.8. The minimum Gasteiger partial charge on any atom is -0.496 e. The van der Waals surface area contributed by atoms with Crippen LogP contribution in [-0.4, -0.2) is 33.7 Å². The second-order valence-corrected chi connectivity index (χ2v) is 9.67. The van der Waals surface area contributed by atoms with E-state index in [4.69, 9.17) is 16.3 Å². The van der Waals surface area contributed by atoms with Crippen LogP contribution in [-0.2, 0) is 11.3 Å². The minimum absolute atomic E-state index is 0.0157. The van der Waals surface area contributed by atoms with Gasteiger partial charge in [-0.15, -0.1) is 5.10 Å². The van der Waals surface area contributed by atoms with Gasteiger partial charge in [-0.25, -0.2) is 13.6 Å². The van der Waals surface area contributed by atoms with E-state index in [1.54, 1.807) is 18.2 Å². The minimum atomic E-state index is -2.67. The predicted molar refractivity (Wildman–Crippen MR) is 145 cm³/mol. The van der Waals surface area contributed by atoms with Crippen LogP contribution in [0.1, 0.15) is 40.8 Å². The van der Waals surface area contributed by atoms with Crippen molar-refractivity contribution in [2.75, 3.05) is 12.4 Å². The lowest BCUT2D eigenvalue weighted by molar-refractivity contribution is -0.122. The monoisotopic (exact) mass is 567 g/mol. The second kappa shape index (κ2) is 11.3. The molecule has 0 unspecified atom stereocenters. The Hall–Kier alpha value is -4.51. The molecule has 0 radical (unpaired) electrons. The molecule has 4 aromatic rings. The molecule has 1 aliphatic carbocycles. The standard InChI is InChI=1S/C28H24ClF2N5O4/c1-40-23-13-19(8-9-20(23)27(38)33-18-4-2-3-17(12-18)24(30)31)36-28(39)34-25(35-36)21-11-15(5-10-22(21)29)14-32-26(37)16-6-7-16/h2-5,8-13,16,24H,6-7,14H2,1H3,(H,32,37)(H,33,38)(H,34,35,39). The number of nitrogens with zero attached hydrogens (tertiary/aromatic N) is 2. The summed E-state index contributed by atoms with van der Waals surface area (Å²) in [6.45, 7) is 0.317. The predicted octanol–water partition coefficient (Wildman–Crippen LogP) is 5.11. The number of amides is 2. The SMILES string of the molecule is COc1cc(-n2nc(-c3cc(CNC(=O)C4CC4)ccc3Cl)[nH]c2=O)ccc1C(=O)Nc1cccc(C(F)F)c1. The molecule has 1 aliphatic rings. The van der Waals surface area contributed by atoms with E-state index in [0.717, 1.165) is 23.1 Å². The number of hydrogen-bond acceptors (Lipinski definition) is 5. The molecule has 12 heteroatoms. The third-order valence-corrected chi connectivity index (χ3v) is 6.72. The Labute approximate surface area is 232 Å². The molecule has 40 heavy (non-hydrogen) atoms. The molecule has 3 N–H and O–H groups in total. The van der Waals surface area contributed by atoms with E-state index in [9.17, 15) is 23.2 Å². The summed E-state index contributed by atoms with van der Waals surface area (Å²) in [5, 5.41) is 10.2. The van der Waals surface area contributed by atoms with Crippen molar-refractivity contribution >= 4 is 29.1 Å². The number of nitrogens with one attached hydrogen (secondary N) is 3. The molecule has 1 heterocycles. The molecule has 0 aliphatic heterocycles. The average Bonchev–Trinajstić information content (AvgIpc) is 3.73. The van der Waals surface area contributed by atoms with Gasteiger partial charge in [0.15, 0.2) is 5.82 Å². The summed E-state index contributed by atoms with van der Waals surface area (Å²) < 4.78 is 32.5. The zero-order valence-electron chi connectivity index (χ0n) is 21.2. The Balaban J connectivity index is 1.38. The molecular weight excluding hydrogens is 544 g/mol. The highest BCUT2D eigenvalue weighted by atomic mass is 35.5. The fourth-order valence-electron chi connectivity index (χ4n) is 4.11. The molecule has 2 amide bonds. The Kier molecular flexibility index (Phi) is 7.65. The van der Waals surface area contributed by atoms with Gasteiger partial charge in [0.05, 0.1) is 23.4 Å². The van der Waals surface area contributed by atoms with E-state index in [0.29, 0.717) is 22.8 Å². The number of methoxy groups -OCH3 is 1. The summed E-state index contributed by atoms with van der Waals surface area (Å²) in [7, 11) is 1.36. The summed E-state index contributed by atoms with van der Waals surface area (Å²) in [6, 6.07) is 15.0. The van der Waals surface area contributed by atoms with Crippen molar-refractivity contribution in [3.05, 3.63) is 92.9 Å². The molecule has 1 saturated carbocycles. The van der Waals surface area contributed by atoms with Gasteiger partial charge in [-0.2, -0.15) is 4.68 Å². The van der Waals surface area contributed by atoms with Crippen LogP contribution in [0.5, 0.6) is 5.75 Å². The van der Waals surface area contributed by atoms with Gasteiger partial charge in [0, 0.05) is 35.3 Å². The molecular formula is C28H24ClF2N5O4. The number of aromatic nitrogens is 3. The lowest BCUT2D eigenvalue weighted by Gasteiger charge is -2.12. The van der Waals surface area contributed by atoms with Crippen LogP contribution in [0.3, 0.4) is 0 Å². The third kappa shape index (κ3) is 5.89. The van der Waals surface area contributed by atoms with E-state index < -0.39 is 18.0 Å². The third-order valence-electron chi connectivity index (χ3n) is 6.39. The first-order chi connectivity index (χ1) is 19.2. The van der Waals surface area contributed by atoms with Gasteiger partial charge in [-0.3, -0.25) is 14.6 Å². The van der Waals surface area contributed by atoms with Crippen molar-refractivity contribution in [2.24, 2.45) is 5.92 Å². The van der Waals surface area contributed by atoms with Gasteiger partial charge in [0.2, 0.25) is 5.91 Å². The molecule has 0 spiro atoms. The Bertz CT molecular complexity index is 1650. The number of halogens is 3. The van der Waals surface area contributed by atoms with Crippen LogP contribution < -0.4 is 21.1 Å². The van der Waals surface area contributed by atoms with Gasteiger partial charge >= 0.3 is 5.69 Å². The maximum atomic E-state index is 13.0. The number of anilines is 1. The van der Waals surface area contributed by atoms with Crippen LogP contribution in [0.4, 0.5) is 14.5 Å². The number of rotatable bonds is 9. The van der Waals surface area contributed by atoms with Crippen LogP contribution >= 0.6 is 11.6 Å². The summed E-state index contributed by atoms with van der Waals surface area (Å²) in [6.07, 6.45) is -0.863. The highest BCUT2D eigenvalue weighted by molar-refractivity contribution is 6.33. The van der Waals surface area contributed by atoms with E-state index in [2.05, 4.69) is 20.7 Å². The van der Waals surface area contributed by atoms with Gasteiger partial charge in [0.1, 0.15) is 5.75 Å². The van der Waals surface area contributed by atoms with E-state index in [1.807, 2.05) is 0 Å². The number of alkyl halides is 2. The molecule has 0 atom stereocenters. The van der Waals surface area contributed by atoms with Crippen molar-refractivity contribution in [2.45, 2.75) is 25.8 Å². The average molecular weight is 568 g/mol. The largest absolute Gasteiger partial charge is 0.496 e. The molecule has 0 bridgehead atoms. The molecule has 3 aromatic carbocycles. The number of carbonyl (C=O) groups excluding carboxylic acids is 2. The molecule has 5 rings (SSSR count). The fraction of sp³-hybridized carbons (Fsp3) is 0.214. The molecule has 206 valence electrons. The van der Waals surface area contributed by atoms with E-state index in [1.165, 1.54) is 49.6 Å². The maximum absolute atomic E-state index is 13.0. The Morgan fingerprint density at radius 2 is 1.95 bits per heavy atom. The first-order valence-electron chi connectivity index (χ1n) is 12.4. The molecule has 1 aromatic heterocycles. The summed E-state index contributed by atoms with van der Waals surface area (Å²) >= 11 is 6.39. The number of hydrogen-bond donors (Lipinski definition) is 3. The van der Waals surface area contributed by atoms with Gasteiger partial charge < -0.3 is 15.4 Å². The molecule has 0 saturated heterocycles. The highest BCUT2D eigenvalue weighted by Crippen LogP contribution is 2.30. The first kappa shape index (κ1) is 27.1. The van der Waals surface area contributed by atoms with Crippen molar-refractivity contribution in [1.82, 2.24) is 20.1 Å². The summed E-state index contributed by atoms with van der Waals surface area (Å²) in [5.41, 5.74) is 1.13. The maximum Gasteiger partial charge on any atom is 0.348 e. The zero-order chi connectivity index (χ0) is 28.4. The second-order valence-electron chi connectivity index (χ2n) is 9.26. The van der Waals surface area contributed by atoms with Crippen molar-refractivity contribution in [3.63, 3.8) is 0 Å². The van der Waals surface area contributed by atoms with E-state index in [-0.39, 0.29) is 40.2 Å². The van der Waals surface area contributed by atoms with Crippen molar-refractivity contribution in [3.8, 4) is 22.8 Å². The van der Waals surface area contributed by atoms with Gasteiger partial charge in [-0.05, 0) is 54.8 Å². The van der Waals surface area contributed by atoms with Gasteiger partial charge in [0.25, 0.3) is 12.3 Å². The Morgan fingerprint density at radius 3 is 2.67 bits per heavy atom. The number of benzene rings is 3. The number of H-pyrrole nitrogens is 1. The van der Waals surface area contributed by atoms with Crippen LogP contribution in [0.15, 0.2) is 65.5 Å². The number of ether oxygens (including phenoxy) is 1. The quantitative estimate of drug-likeness (QED) is 0.260. The lowest BCUT2D eigenvalue weighted by atomic mass is 10.1. The zero-order valence-corrected chi connectivity index (χ0v) is 22.0. The van der Waals surface area contributed by atoms with Crippen molar-refractivity contribution in [1.29, 1.82) is 0 Å². The molecule has 1 fully saturated rings. The van der Waals surface area contributed by atoms with Gasteiger partial charge in [-0.1, -0.05) is 29.8 Å². The number of carbonyl (C=O) groups is 2. The lowest BCUT2D eigenvalue weighted by Crippen LogP contribution is -2.24. The van der Waals surface area contributed by atoms with Crippen LogP contribution in [0.2, 0.25) is 5.02 Å². The van der Waals surface area contributed by atoms with Crippen LogP contribution in [0, 0.1) is 5.92 Å². The number of aromatic amines is 1. The van der Waals surface area contributed by atoms with Crippen LogP contribution in [0.25, 0.3) is 17.1 Å². The molecule has 9 nitrogen and oxygen atoms in total. The Morgan fingerprint density at radius 1 is 1.15 bits per heavy atom. The van der Waals surface area contributed by atoms with E-state index >= 15 is 0 Å².